The van der Waals surface area contributed by atoms with Gasteiger partial charge in [0.25, 0.3) is 5.91 Å². The molecule has 0 aliphatic carbocycles. The Labute approximate surface area is 97.7 Å². The van der Waals surface area contributed by atoms with Crippen LogP contribution in [0.1, 0.15) is 10.5 Å². The number of hydrogen-bond donors (Lipinski definition) is 2. The molecule has 7 heteroatoms. The van der Waals surface area contributed by atoms with Crippen molar-refractivity contribution in [3.63, 3.8) is 0 Å². The average molecular weight is 232 g/mol. The minimum Gasteiger partial charge on any atom is -0.382 e. The molecule has 2 aromatic heterocycles. The summed E-state index contributed by atoms with van der Waals surface area (Å²) in [5, 5.41) is 2.73. The third kappa shape index (κ3) is 3.00. The predicted octanol–water partition coefficient (Wildman–Crippen LogP) is -0.315. The third-order valence-electron chi connectivity index (χ3n) is 2.12. The molecular formula is C10H12N6O. The molecule has 0 aliphatic rings. The van der Waals surface area contributed by atoms with Crippen LogP contribution in [0.2, 0.25) is 0 Å². The smallest absolute Gasteiger partial charge is 0.271 e. The first-order valence-electron chi connectivity index (χ1n) is 5.07. The van der Waals surface area contributed by atoms with Crippen LogP contribution in [0, 0.1) is 0 Å². The van der Waals surface area contributed by atoms with E-state index in [4.69, 9.17) is 5.73 Å². The van der Waals surface area contributed by atoms with Crippen molar-refractivity contribution < 1.29 is 4.79 Å². The van der Waals surface area contributed by atoms with Crippen molar-refractivity contribution in [3.05, 3.63) is 36.8 Å². The zero-order valence-electron chi connectivity index (χ0n) is 9.08. The Balaban J connectivity index is 1.83. The Bertz CT molecular complexity index is 478. The number of carbonyl (C=O) groups is 1. The summed E-state index contributed by atoms with van der Waals surface area (Å²) in [4.78, 5) is 23.2. The Morgan fingerprint density at radius 2 is 2.29 bits per heavy atom. The first-order chi connectivity index (χ1) is 8.25. The predicted molar refractivity (Wildman–Crippen MR) is 61.0 cm³/mol. The second-order valence-corrected chi connectivity index (χ2v) is 3.38. The van der Waals surface area contributed by atoms with E-state index in [-0.39, 0.29) is 11.6 Å². The zero-order chi connectivity index (χ0) is 12.1. The summed E-state index contributed by atoms with van der Waals surface area (Å²) in [5.74, 6) is 0.0255. The molecule has 17 heavy (non-hydrogen) atoms. The maximum atomic E-state index is 11.6. The number of imidazole rings is 1. The van der Waals surface area contributed by atoms with Crippen LogP contribution in [0.5, 0.6) is 0 Å². The van der Waals surface area contributed by atoms with Gasteiger partial charge in [-0.3, -0.25) is 4.79 Å². The molecule has 0 radical (unpaired) electrons. The van der Waals surface area contributed by atoms with Crippen LogP contribution in [0.15, 0.2) is 31.1 Å². The summed E-state index contributed by atoms with van der Waals surface area (Å²) in [6.07, 6.45) is 7.91. The fraction of sp³-hybridized carbons (Fsp3) is 0.200. The van der Waals surface area contributed by atoms with Crippen LogP contribution >= 0.6 is 0 Å². The monoisotopic (exact) mass is 232 g/mol. The van der Waals surface area contributed by atoms with E-state index >= 15 is 0 Å². The molecule has 0 aromatic carbocycles. The Morgan fingerprint density at radius 1 is 1.41 bits per heavy atom. The largest absolute Gasteiger partial charge is 0.382 e. The molecule has 0 bridgehead atoms. The van der Waals surface area contributed by atoms with Crippen LogP contribution in [-0.2, 0) is 6.54 Å². The van der Waals surface area contributed by atoms with Crippen LogP contribution < -0.4 is 11.1 Å². The number of anilines is 1. The number of rotatable bonds is 4. The summed E-state index contributed by atoms with van der Waals surface area (Å²) in [6, 6.07) is 0. The van der Waals surface area contributed by atoms with E-state index in [1.54, 1.807) is 12.5 Å². The molecule has 0 saturated heterocycles. The molecule has 0 fully saturated rings. The summed E-state index contributed by atoms with van der Waals surface area (Å²) >= 11 is 0. The number of nitrogens with one attached hydrogen (secondary N) is 1. The fourth-order valence-corrected chi connectivity index (χ4v) is 1.26. The minimum atomic E-state index is -0.266. The zero-order valence-corrected chi connectivity index (χ0v) is 9.08. The summed E-state index contributed by atoms with van der Waals surface area (Å²) in [5.41, 5.74) is 5.63. The van der Waals surface area contributed by atoms with Crippen molar-refractivity contribution >= 4 is 11.7 Å². The standard InChI is InChI=1S/C10H12N6O/c11-9-6-14-8(5-15-9)10(17)13-2-4-16-3-1-12-7-16/h1,3,5-7H,2,4H2,(H2,11,15)(H,13,17). The summed E-state index contributed by atoms with van der Waals surface area (Å²) in [7, 11) is 0. The van der Waals surface area contributed by atoms with Crippen LogP contribution in [0.3, 0.4) is 0 Å². The minimum absolute atomic E-state index is 0.254. The van der Waals surface area contributed by atoms with E-state index in [1.165, 1.54) is 12.4 Å². The van der Waals surface area contributed by atoms with E-state index < -0.39 is 0 Å². The van der Waals surface area contributed by atoms with Crippen LogP contribution in [-0.4, -0.2) is 32.0 Å². The molecule has 0 spiro atoms. The van der Waals surface area contributed by atoms with Crippen molar-refractivity contribution in [1.82, 2.24) is 24.8 Å². The highest BCUT2D eigenvalue weighted by Crippen LogP contribution is 1.95. The Kier molecular flexibility index (Phi) is 3.29. The highest BCUT2D eigenvalue weighted by atomic mass is 16.1. The molecular weight excluding hydrogens is 220 g/mol. The molecule has 7 nitrogen and oxygen atoms in total. The second-order valence-electron chi connectivity index (χ2n) is 3.38. The van der Waals surface area contributed by atoms with E-state index in [9.17, 15) is 4.79 Å². The van der Waals surface area contributed by atoms with Crippen molar-refractivity contribution in [1.29, 1.82) is 0 Å². The van der Waals surface area contributed by atoms with Gasteiger partial charge in [0.2, 0.25) is 0 Å². The average Bonchev–Trinajstić information content (AvgIpc) is 2.83. The number of nitrogens with two attached hydrogens (primary N) is 1. The van der Waals surface area contributed by atoms with Crippen LogP contribution in [0.25, 0.3) is 0 Å². The first kappa shape index (κ1) is 11.1. The Morgan fingerprint density at radius 3 is 2.94 bits per heavy atom. The molecule has 88 valence electrons. The van der Waals surface area contributed by atoms with Crippen molar-refractivity contribution in [2.45, 2.75) is 6.54 Å². The normalized spacial score (nSPS) is 10.1. The van der Waals surface area contributed by atoms with Gasteiger partial charge in [-0.05, 0) is 0 Å². The summed E-state index contributed by atoms with van der Waals surface area (Å²) < 4.78 is 1.87. The summed E-state index contributed by atoms with van der Waals surface area (Å²) in [6.45, 7) is 1.16. The highest BCUT2D eigenvalue weighted by Gasteiger charge is 2.06. The molecule has 0 saturated carbocycles. The van der Waals surface area contributed by atoms with Gasteiger partial charge < -0.3 is 15.6 Å². The van der Waals surface area contributed by atoms with E-state index in [2.05, 4.69) is 20.3 Å². The number of nitrogens with zero attached hydrogens (tertiary/aromatic N) is 4. The molecule has 2 aromatic rings. The van der Waals surface area contributed by atoms with Gasteiger partial charge in [-0.25, -0.2) is 15.0 Å². The number of aromatic nitrogens is 4. The van der Waals surface area contributed by atoms with Gasteiger partial charge >= 0.3 is 0 Å². The van der Waals surface area contributed by atoms with Gasteiger partial charge in [-0.2, -0.15) is 0 Å². The van der Waals surface area contributed by atoms with Gasteiger partial charge in [-0.1, -0.05) is 0 Å². The molecule has 1 amide bonds. The topological polar surface area (TPSA) is 98.7 Å². The molecule has 0 unspecified atom stereocenters. The molecule has 2 rings (SSSR count). The van der Waals surface area contributed by atoms with Gasteiger partial charge in [-0.15, -0.1) is 0 Å². The Hall–Kier alpha value is -2.44. The van der Waals surface area contributed by atoms with Crippen molar-refractivity contribution in [2.75, 3.05) is 12.3 Å². The van der Waals surface area contributed by atoms with Gasteiger partial charge in [0.1, 0.15) is 11.5 Å². The maximum Gasteiger partial charge on any atom is 0.271 e. The molecule has 3 N–H and O–H groups in total. The van der Waals surface area contributed by atoms with E-state index in [1.807, 2.05) is 10.8 Å². The molecule has 0 aliphatic heterocycles. The van der Waals surface area contributed by atoms with Crippen LogP contribution in [0.4, 0.5) is 5.82 Å². The lowest BCUT2D eigenvalue weighted by Crippen LogP contribution is -2.27. The molecule has 2 heterocycles. The van der Waals surface area contributed by atoms with E-state index in [0.29, 0.717) is 18.9 Å². The number of carbonyl (C=O) groups excluding carboxylic acids is 1. The lowest BCUT2D eigenvalue weighted by atomic mass is 10.4. The van der Waals surface area contributed by atoms with Crippen molar-refractivity contribution in [2.24, 2.45) is 0 Å². The fourth-order valence-electron chi connectivity index (χ4n) is 1.26. The number of amides is 1. The SMILES string of the molecule is Nc1cnc(C(=O)NCCn2ccnc2)cn1. The second kappa shape index (κ2) is 5.06. The lowest BCUT2D eigenvalue weighted by molar-refractivity contribution is 0.0947. The number of hydrogen-bond acceptors (Lipinski definition) is 5. The van der Waals surface area contributed by atoms with Gasteiger partial charge in [0, 0.05) is 25.5 Å². The van der Waals surface area contributed by atoms with Gasteiger partial charge in [0.15, 0.2) is 0 Å². The molecule has 0 atom stereocenters. The lowest BCUT2D eigenvalue weighted by Gasteiger charge is -2.04. The maximum absolute atomic E-state index is 11.6. The van der Waals surface area contributed by atoms with Gasteiger partial charge in [0.05, 0.1) is 18.7 Å². The highest BCUT2D eigenvalue weighted by molar-refractivity contribution is 5.91. The van der Waals surface area contributed by atoms with Crippen molar-refractivity contribution in [3.8, 4) is 0 Å². The third-order valence-corrected chi connectivity index (χ3v) is 2.12. The quantitative estimate of drug-likeness (QED) is 0.753. The van der Waals surface area contributed by atoms with E-state index in [0.717, 1.165) is 0 Å². The number of nitrogen functional groups attached to an aromatic ring is 1. The first-order valence-corrected chi connectivity index (χ1v) is 5.07.